The minimum atomic E-state index is 0.381. The SMILES string of the molecule is CC(C)C(NCc1occc1Br)c1cccs1. The Labute approximate surface area is 114 Å². The molecule has 4 heteroatoms. The Kier molecular flexibility index (Phi) is 4.42. The Morgan fingerprint density at radius 2 is 2.24 bits per heavy atom. The van der Waals surface area contributed by atoms with Crippen LogP contribution in [0.2, 0.25) is 0 Å². The summed E-state index contributed by atoms with van der Waals surface area (Å²) in [5.74, 6) is 1.51. The van der Waals surface area contributed by atoms with Gasteiger partial charge in [-0.05, 0) is 39.4 Å². The Morgan fingerprint density at radius 1 is 1.41 bits per heavy atom. The molecule has 0 aromatic carbocycles. The summed E-state index contributed by atoms with van der Waals surface area (Å²) in [6.07, 6.45) is 1.70. The molecule has 0 bridgehead atoms. The standard InChI is InChI=1S/C13H16BrNOS/c1-9(2)13(12-4-3-7-17-12)15-8-11-10(14)5-6-16-11/h3-7,9,13,15H,8H2,1-2H3. The van der Waals surface area contributed by atoms with E-state index in [1.54, 1.807) is 17.6 Å². The molecule has 0 radical (unpaired) electrons. The molecule has 0 spiro atoms. The van der Waals surface area contributed by atoms with Gasteiger partial charge in [-0.1, -0.05) is 19.9 Å². The molecule has 1 N–H and O–H groups in total. The molecular weight excluding hydrogens is 298 g/mol. The first kappa shape index (κ1) is 12.9. The number of rotatable bonds is 5. The molecule has 92 valence electrons. The molecule has 2 heterocycles. The lowest BCUT2D eigenvalue weighted by Crippen LogP contribution is -2.24. The fraction of sp³-hybridized carbons (Fsp3) is 0.385. The van der Waals surface area contributed by atoms with Crippen LogP contribution < -0.4 is 5.32 Å². The van der Waals surface area contributed by atoms with Crippen LogP contribution in [0.25, 0.3) is 0 Å². The lowest BCUT2D eigenvalue weighted by atomic mass is 10.0. The third-order valence-electron chi connectivity index (χ3n) is 2.69. The van der Waals surface area contributed by atoms with Crippen molar-refractivity contribution in [2.75, 3.05) is 0 Å². The van der Waals surface area contributed by atoms with Gasteiger partial charge in [-0.15, -0.1) is 11.3 Å². The average Bonchev–Trinajstić information content (AvgIpc) is 2.91. The van der Waals surface area contributed by atoms with Crippen LogP contribution in [0.4, 0.5) is 0 Å². The molecular formula is C13H16BrNOS. The zero-order valence-electron chi connectivity index (χ0n) is 9.94. The van der Waals surface area contributed by atoms with Crippen molar-refractivity contribution in [1.82, 2.24) is 5.32 Å². The largest absolute Gasteiger partial charge is 0.467 e. The predicted octanol–water partition coefficient (Wildman–Crippen LogP) is 4.59. The molecule has 2 aromatic heterocycles. The maximum Gasteiger partial charge on any atom is 0.131 e. The van der Waals surface area contributed by atoms with Gasteiger partial charge in [0.2, 0.25) is 0 Å². The van der Waals surface area contributed by atoms with Crippen LogP contribution >= 0.6 is 27.3 Å². The molecule has 0 fully saturated rings. The molecule has 1 unspecified atom stereocenters. The normalized spacial score (nSPS) is 13.2. The van der Waals surface area contributed by atoms with E-state index in [9.17, 15) is 0 Å². The number of halogens is 1. The highest BCUT2D eigenvalue weighted by Crippen LogP contribution is 2.27. The summed E-state index contributed by atoms with van der Waals surface area (Å²) in [5, 5.41) is 5.67. The van der Waals surface area contributed by atoms with Crippen molar-refractivity contribution in [1.29, 1.82) is 0 Å². The molecule has 1 atom stereocenters. The van der Waals surface area contributed by atoms with Gasteiger partial charge in [0.05, 0.1) is 17.3 Å². The minimum Gasteiger partial charge on any atom is -0.467 e. The summed E-state index contributed by atoms with van der Waals surface area (Å²) in [4.78, 5) is 1.38. The van der Waals surface area contributed by atoms with Gasteiger partial charge >= 0.3 is 0 Å². The van der Waals surface area contributed by atoms with Crippen LogP contribution in [0, 0.1) is 5.92 Å². The van der Waals surface area contributed by atoms with Crippen molar-refractivity contribution >= 4 is 27.3 Å². The molecule has 2 rings (SSSR count). The van der Waals surface area contributed by atoms with E-state index in [0.29, 0.717) is 12.0 Å². The monoisotopic (exact) mass is 313 g/mol. The van der Waals surface area contributed by atoms with Crippen molar-refractivity contribution in [3.05, 3.63) is 45.0 Å². The predicted molar refractivity (Wildman–Crippen MR) is 75.1 cm³/mol. The van der Waals surface area contributed by atoms with Crippen LogP contribution in [0.3, 0.4) is 0 Å². The lowest BCUT2D eigenvalue weighted by molar-refractivity contribution is 0.387. The zero-order chi connectivity index (χ0) is 12.3. The Hall–Kier alpha value is -0.580. The summed E-state index contributed by atoms with van der Waals surface area (Å²) < 4.78 is 6.43. The van der Waals surface area contributed by atoms with Crippen molar-refractivity contribution in [2.45, 2.75) is 26.4 Å². The van der Waals surface area contributed by atoms with E-state index < -0.39 is 0 Å². The summed E-state index contributed by atoms with van der Waals surface area (Å²) in [6.45, 7) is 5.21. The molecule has 0 aliphatic carbocycles. The first-order valence-corrected chi connectivity index (χ1v) is 7.34. The van der Waals surface area contributed by atoms with Gasteiger partial charge in [0.15, 0.2) is 0 Å². The van der Waals surface area contributed by atoms with Crippen molar-refractivity contribution in [2.24, 2.45) is 5.92 Å². The first-order valence-electron chi connectivity index (χ1n) is 5.67. The first-order chi connectivity index (χ1) is 8.18. The quantitative estimate of drug-likeness (QED) is 0.873. The van der Waals surface area contributed by atoms with Crippen molar-refractivity contribution in [3.8, 4) is 0 Å². The minimum absolute atomic E-state index is 0.381. The van der Waals surface area contributed by atoms with Gasteiger partial charge in [-0.2, -0.15) is 0 Å². The molecule has 2 nitrogen and oxygen atoms in total. The summed E-state index contributed by atoms with van der Waals surface area (Å²) >= 11 is 5.27. The molecule has 2 aromatic rings. The Bertz CT molecular complexity index is 450. The molecule has 0 saturated heterocycles. The zero-order valence-corrected chi connectivity index (χ0v) is 12.3. The van der Waals surface area contributed by atoms with Crippen LogP contribution in [-0.4, -0.2) is 0 Å². The average molecular weight is 314 g/mol. The van der Waals surface area contributed by atoms with Crippen LogP contribution in [-0.2, 0) is 6.54 Å². The van der Waals surface area contributed by atoms with Crippen molar-refractivity contribution < 1.29 is 4.42 Å². The van der Waals surface area contributed by atoms with E-state index in [2.05, 4.69) is 52.6 Å². The molecule has 0 aliphatic heterocycles. The highest BCUT2D eigenvalue weighted by Gasteiger charge is 2.17. The van der Waals surface area contributed by atoms with Gasteiger partial charge in [0.1, 0.15) is 5.76 Å². The summed E-state index contributed by atoms with van der Waals surface area (Å²) in [5.41, 5.74) is 0. The highest BCUT2D eigenvalue weighted by atomic mass is 79.9. The van der Waals surface area contributed by atoms with Gasteiger partial charge < -0.3 is 9.73 Å². The van der Waals surface area contributed by atoms with E-state index >= 15 is 0 Å². The smallest absolute Gasteiger partial charge is 0.131 e. The maximum absolute atomic E-state index is 5.41. The van der Waals surface area contributed by atoms with E-state index in [1.165, 1.54) is 4.88 Å². The Balaban J connectivity index is 2.02. The van der Waals surface area contributed by atoms with Gasteiger partial charge in [-0.25, -0.2) is 0 Å². The second-order valence-corrected chi connectivity index (χ2v) is 6.14. The van der Waals surface area contributed by atoms with Crippen LogP contribution in [0.5, 0.6) is 0 Å². The second-order valence-electron chi connectivity index (χ2n) is 4.31. The summed E-state index contributed by atoms with van der Waals surface area (Å²) in [7, 11) is 0. The van der Waals surface area contributed by atoms with E-state index in [0.717, 1.165) is 16.8 Å². The third-order valence-corrected chi connectivity index (χ3v) is 4.35. The summed E-state index contributed by atoms with van der Waals surface area (Å²) in [6, 6.07) is 6.58. The maximum atomic E-state index is 5.41. The number of hydrogen-bond donors (Lipinski definition) is 1. The molecule has 0 amide bonds. The number of furan rings is 1. The fourth-order valence-electron chi connectivity index (χ4n) is 1.79. The number of nitrogens with one attached hydrogen (secondary N) is 1. The van der Waals surface area contributed by atoms with E-state index in [-0.39, 0.29) is 0 Å². The topological polar surface area (TPSA) is 25.2 Å². The van der Waals surface area contributed by atoms with Gasteiger partial charge in [0, 0.05) is 10.9 Å². The van der Waals surface area contributed by atoms with Crippen molar-refractivity contribution in [3.63, 3.8) is 0 Å². The lowest BCUT2D eigenvalue weighted by Gasteiger charge is -2.20. The number of hydrogen-bond acceptors (Lipinski definition) is 3. The van der Waals surface area contributed by atoms with Crippen LogP contribution in [0.1, 0.15) is 30.5 Å². The fourth-order valence-corrected chi connectivity index (χ4v) is 3.10. The van der Waals surface area contributed by atoms with E-state index in [1.807, 2.05) is 6.07 Å². The molecule has 0 saturated carbocycles. The van der Waals surface area contributed by atoms with Gasteiger partial charge in [-0.3, -0.25) is 0 Å². The van der Waals surface area contributed by atoms with E-state index in [4.69, 9.17) is 4.42 Å². The van der Waals surface area contributed by atoms with Crippen LogP contribution in [0.15, 0.2) is 38.7 Å². The highest BCUT2D eigenvalue weighted by molar-refractivity contribution is 9.10. The number of thiophene rings is 1. The molecule has 17 heavy (non-hydrogen) atoms. The second kappa shape index (κ2) is 5.85. The third kappa shape index (κ3) is 3.21. The van der Waals surface area contributed by atoms with Gasteiger partial charge in [0.25, 0.3) is 0 Å². The Morgan fingerprint density at radius 3 is 2.76 bits per heavy atom. The molecule has 0 aliphatic rings.